The molecule has 1 aromatic heterocycles. The third-order valence-electron chi connectivity index (χ3n) is 5.46. The summed E-state index contributed by atoms with van der Waals surface area (Å²) < 4.78 is 7.74. The molecule has 4 heteroatoms. The maximum absolute atomic E-state index is 11.7. The molecule has 0 radical (unpaired) electrons. The predicted octanol–water partition coefficient (Wildman–Crippen LogP) is 5.28. The Morgan fingerprint density at radius 1 is 1.14 bits per heavy atom. The maximum Gasteiger partial charge on any atom is 0.309 e. The monoisotopic (exact) mass is 389 g/mol. The van der Waals surface area contributed by atoms with Crippen LogP contribution in [0, 0.1) is 6.92 Å². The first-order chi connectivity index (χ1) is 13.9. The second kappa shape index (κ2) is 7.88. The summed E-state index contributed by atoms with van der Waals surface area (Å²) in [4.78, 5) is 11.7. The summed E-state index contributed by atoms with van der Waals surface area (Å²) in [5.41, 5.74) is 5.82. The van der Waals surface area contributed by atoms with E-state index in [-0.39, 0.29) is 18.4 Å². The highest BCUT2D eigenvalue weighted by atomic mass is 16.5. The van der Waals surface area contributed by atoms with E-state index < -0.39 is 12.2 Å². The number of fused-ring (bicyclic) bond motifs is 1. The number of ether oxygens (including phenoxy) is 1. The Morgan fingerprint density at radius 2 is 1.86 bits per heavy atom. The first-order valence-corrected chi connectivity index (χ1v) is 10.2. The van der Waals surface area contributed by atoms with Crippen LogP contribution in [-0.2, 0) is 9.53 Å². The molecule has 0 amide bonds. The molecule has 2 aromatic carbocycles. The molecule has 0 spiro atoms. The number of rotatable bonds is 4. The molecular weight excluding hydrogens is 362 g/mol. The highest BCUT2D eigenvalue weighted by Crippen LogP contribution is 2.38. The summed E-state index contributed by atoms with van der Waals surface area (Å²) in [5.74, 6) is -0.346. The molecule has 1 saturated heterocycles. The molecule has 4 nitrogen and oxygen atoms in total. The standard InChI is InChI=1S/C25H27NO3/c1-16(2)26-22-7-5-4-6-21(22)25(18-10-8-17(3)9-11-18)23(26)13-12-20-14-19(27)15-24(28)29-20/h4-13,16,19-20,27H,14-15H2,1-3H3. The third-order valence-corrected chi connectivity index (χ3v) is 5.46. The number of aryl methyl sites for hydroxylation is 1. The predicted molar refractivity (Wildman–Crippen MR) is 117 cm³/mol. The van der Waals surface area contributed by atoms with Crippen molar-refractivity contribution in [1.29, 1.82) is 0 Å². The quantitative estimate of drug-likeness (QED) is 0.618. The Balaban J connectivity index is 1.88. The fourth-order valence-electron chi connectivity index (χ4n) is 4.15. The van der Waals surface area contributed by atoms with Crippen molar-refractivity contribution in [2.75, 3.05) is 0 Å². The summed E-state index contributed by atoms with van der Waals surface area (Å²) >= 11 is 0. The van der Waals surface area contributed by atoms with E-state index in [9.17, 15) is 9.90 Å². The van der Waals surface area contributed by atoms with E-state index in [1.54, 1.807) is 0 Å². The van der Waals surface area contributed by atoms with E-state index in [2.05, 4.69) is 73.9 Å². The van der Waals surface area contributed by atoms with Crippen LogP contribution in [0.1, 0.15) is 44.0 Å². The van der Waals surface area contributed by atoms with E-state index in [1.807, 2.05) is 12.2 Å². The van der Waals surface area contributed by atoms with Gasteiger partial charge in [0.1, 0.15) is 6.10 Å². The third kappa shape index (κ3) is 3.85. The van der Waals surface area contributed by atoms with Crippen LogP contribution < -0.4 is 0 Å². The number of aromatic nitrogens is 1. The van der Waals surface area contributed by atoms with Crippen LogP contribution in [0.5, 0.6) is 0 Å². The summed E-state index contributed by atoms with van der Waals surface area (Å²) in [7, 11) is 0. The van der Waals surface area contributed by atoms with Crippen molar-refractivity contribution in [3.8, 4) is 11.1 Å². The van der Waals surface area contributed by atoms with E-state index >= 15 is 0 Å². The van der Waals surface area contributed by atoms with Crippen molar-refractivity contribution in [2.45, 2.75) is 51.9 Å². The highest BCUT2D eigenvalue weighted by Gasteiger charge is 2.26. The Kier molecular flexibility index (Phi) is 5.29. The largest absolute Gasteiger partial charge is 0.458 e. The number of carbonyl (C=O) groups excluding carboxylic acids is 1. The van der Waals surface area contributed by atoms with Gasteiger partial charge in [0.25, 0.3) is 0 Å². The Labute approximate surface area is 171 Å². The number of hydrogen-bond donors (Lipinski definition) is 1. The number of aliphatic hydroxyl groups excluding tert-OH is 1. The lowest BCUT2D eigenvalue weighted by Gasteiger charge is -2.23. The van der Waals surface area contributed by atoms with Crippen LogP contribution >= 0.6 is 0 Å². The Bertz CT molecular complexity index is 1060. The molecule has 0 aliphatic carbocycles. The molecule has 4 rings (SSSR count). The van der Waals surface area contributed by atoms with Crippen LogP contribution in [-0.4, -0.2) is 27.9 Å². The Morgan fingerprint density at radius 3 is 2.55 bits per heavy atom. The second-order valence-corrected chi connectivity index (χ2v) is 8.09. The summed E-state index contributed by atoms with van der Waals surface area (Å²) in [6.45, 7) is 6.44. The zero-order valence-electron chi connectivity index (χ0n) is 17.1. The van der Waals surface area contributed by atoms with E-state index in [0.717, 1.165) is 11.3 Å². The van der Waals surface area contributed by atoms with Crippen molar-refractivity contribution in [3.63, 3.8) is 0 Å². The average Bonchev–Trinajstić information content (AvgIpc) is 3.00. The molecule has 29 heavy (non-hydrogen) atoms. The van der Waals surface area contributed by atoms with Gasteiger partial charge in [-0.25, -0.2) is 0 Å². The van der Waals surface area contributed by atoms with Gasteiger partial charge in [-0.15, -0.1) is 0 Å². The zero-order chi connectivity index (χ0) is 20.5. The number of para-hydroxylation sites is 1. The van der Waals surface area contributed by atoms with Gasteiger partial charge in [-0.3, -0.25) is 4.79 Å². The first-order valence-electron chi connectivity index (χ1n) is 10.2. The molecule has 2 unspecified atom stereocenters. The lowest BCUT2D eigenvalue weighted by molar-refractivity contribution is -0.156. The van der Waals surface area contributed by atoms with Crippen LogP contribution in [0.25, 0.3) is 28.1 Å². The van der Waals surface area contributed by atoms with Gasteiger partial charge < -0.3 is 14.4 Å². The van der Waals surface area contributed by atoms with Crippen molar-refractivity contribution >= 4 is 22.9 Å². The molecule has 1 aliphatic heterocycles. The van der Waals surface area contributed by atoms with Gasteiger partial charge in [0, 0.05) is 34.6 Å². The molecule has 0 saturated carbocycles. The van der Waals surface area contributed by atoms with Crippen LogP contribution in [0.3, 0.4) is 0 Å². The molecule has 1 N–H and O–H groups in total. The molecule has 0 bridgehead atoms. The topological polar surface area (TPSA) is 51.5 Å². The second-order valence-electron chi connectivity index (χ2n) is 8.09. The number of carbonyl (C=O) groups is 1. The Hall–Kier alpha value is -2.85. The fraction of sp³-hybridized carbons (Fsp3) is 0.320. The molecule has 1 aliphatic rings. The van der Waals surface area contributed by atoms with E-state index in [0.29, 0.717) is 6.42 Å². The first kappa shape index (κ1) is 19.5. The normalized spacial score (nSPS) is 20.0. The number of benzene rings is 2. The number of esters is 1. The van der Waals surface area contributed by atoms with E-state index in [1.165, 1.54) is 22.0 Å². The van der Waals surface area contributed by atoms with Gasteiger partial charge in [0.2, 0.25) is 0 Å². The summed E-state index contributed by atoms with van der Waals surface area (Å²) in [6, 6.07) is 17.3. The van der Waals surface area contributed by atoms with Crippen LogP contribution in [0.4, 0.5) is 0 Å². The molecule has 3 aromatic rings. The zero-order valence-corrected chi connectivity index (χ0v) is 17.1. The van der Waals surface area contributed by atoms with Gasteiger partial charge in [-0.2, -0.15) is 0 Å². The van der Waals surface area contributed by atoms with Crippen molar-refractivity contribution < 1.29 is 14.6 Å². The van der Waals surface area contributed by atoms with Crippen LogP contribution in [0.15, 0.2) is 54.6 Å². The number of aliphatic hydroxyl groups is 1. The van der Waals surface area contributed by atoms with Gasteiger partial charge in [-0.1, -0.05) is 48.0 Å². The van der Waals surface area contributed by atoms with Crippen molar-refractivity contribution in [1.82, 2.24) is 4.57 Å². The summed E-state index contributed by atoms with van der Waals surface area (Å²) in [5, 5.41) is 11.1. The molecule has 2 heterocycles. The van der Waals surface area contributed by atoms with Gasteiger partial charge >= 0.3 is 5.97 Å². The number of nitrogens with zero attached hydrogens (tertiary/aromatic N) is 1. The maximum atomic E-state index is 11.7. The minimum Gasteiger partial charge on any atom is -0.458 e. The smallest absolute Gasteiger partial charge is 0.309 e. The molecule has 2 atom stereocenters. The minimum absolute atomic E-state index is 0.0746. The fourth-order valence-corrected chi connectivity index (χ4v) is 4.15. The van der Waals surface area contributed by atoms with Crippen LogP contribution in [0.2, 0.25) is 0 Å². The lowest BCUT2D eigenvalue weighted by atomic mass is 9.99. The van der Waals surface area contributed by atoms with E-state index in [4.69, 9.17) is 4.74 Å². The van der Waals surface area contributed by atoms with Gasteiger partial charge in [-0.05, 0) is 44.6 Å². The number of hydrogen-bond acceptors (Lipinski definition) is 3. The summed E-state index contributed by atoms with van der Waals surface area (Å²) in [6.07, 6.45) is 3.42. The minimum atomic E-state index is -0.640. The average molecular weight is 389 g/mol. The lowest BCUT2D eigenvalue weighted by Crippen LogP contribution is -2.31. The molecule has 1 fully saturated rings. The van der Waals surface area contributed by atoms with Gasteiger partial charge in [0.05, 0.1) is 12.5 Å². The van der Waals surface area contributed by atoms with Crippen molar-refractivity contribution in [3.05, 3.63) is 65.9 Å². The highest BCUT2D eigenvalue weighted by molar-refractivity contribution is 6.01. The number of cyclic esters (lactones) is 1. The molecule has 150 valence electrons. The SMILES string of the molecule is Cc1ccc(-c2c(C=CC3CC(O)CC(=O)O3)n(C(C)C)c3ccccc23)cc1. The van der Waals surface area contributed by atoms with Crippen molar-refractivity contribution in [2.24, 2.45) is 0 Å². The van der Waals surface area contributed by atoms with Gasteiger partial charge in [0.15, 0.2) is 0 Å². The molecular formula is C25H27NO3.